The second-order valence-corrected chi connectivity index (χ2v) is 5.28. The first kappa shape index (κ1) is 14.8. The average molecular weight is 308 g/mol. The highest BCUT2D eigenvalue weighted by molar-refractivity contribution is 7.14. The van der Waals surface area contributed by atoms with Crippen LogP contribution in [0, 0.1) is 5.92 Å². The molecule has 0 aliphatic heterocycles. The van der Waals surface area contributed by atoms with Crippen LogP contribution in [-0.2, 0) is 9.53 Å². The lowest BCUT2D eigenvalue weighted by Crippen LogP contribution is -2.35. The van der Waals surface area contributed by atoms with Gasteiger partial charge in [-0.05, 0) is 12.8 Å². The third-order valence-electron chi connectivity index (χ3n) is 2.60. The molecule has 5 nitrogen and oxygen atoms in total. The van der Waals surface area contributed by atoms with Gasteiger partial charge in [-0.15, -0.1) is 11.3 Å². The normalized spacial score (nSPS) is 16.6. The number of esters is 1. The van der Waals surface area contributed by atoms with E-state index in [0.29, 0.717) is 12.8 Å². The van der Waals surface area contributed by atoms with Crippen molar-refractivity contribution in [3.63, 3.8) is 0 Å². The van der Waals surface area contributed by atoms with Crippen molar-refractivity contribution in [2.24, 2.45) is 5.92 Å². The lowest BCUT2D eigenvalue weighted by molar-refractivity contribution is -0.210. The Bertz CT molecular complexity index is 525. The van der Waals surface area contributed by atoms with Gasteiger partial charge in [0.25, 0.3) is 0 Å². The third kappa shape index (κ3) is 3.69. The quantitative estimate of drug-likeness (QED) is 0.868. The highest BCUT2D eigenvalue weighted by atomic mass is 32.1. The molecule has 1 N–H and O–H groups in total. The molecule has 1 heterocycles. The standard InChI is InChI=1S/C11H11F3N2O3S/c1-5(17)15-10-16-7(4-20-10)9(18)19-8(6-2-3-6)11(12,13)14/h4,6,8H,2-3H2,1H3,(H,15,16,17)/t8-/m1/s1. The highest BCUT2D eigenvalue weighted by Crippen LogP contribution is 2.42. The van der Waals surface area contributed by atoms with Crippen LogP contribution in [0.25, 0.3) is 0 Å². The van der Waals surface area contributed by atoms with Crippen LogP contribution in [0.1, 0.15) is 30.3 Å². The average Bonchev–Trinajstić information content (AvgIpc) is 3.03. The Kier molecular flexibility index (Phi) is 3.98. The van der Waals surface area contributed by atoms with Crippen LogP contribution in [0.5, 0.6) is 0 Å². The number of nitrogens with one attached hydrogen (secondary N) is 1. The number of hydrogen-bond donors (Lipinski definition) is 1. The zero-order chi connectivity index (χ0) is 14.9. The fraction of sp³-hybridized carbons (Fsp3) is 0.545. The SMILES string of the molecule is CC(=O)Nc1nc(C(=O)O[C@H](C2CC2)C(F)(F)F)cs1. The summed E-state index contributed by atoms with van der Waals surface area (Å²) in [5, 5.41) is 3.72. The van der Waals surface area contributed by atoms with E-state index in [4.69, 9.17) is 0 Å². The van der Waals surface area contributed by atoms with Gasteiger partial charge in [-0.3, -0.25) is 4.79 Å². The smallest absolute Gasteiger partial charge is 0.425 e. The summed E-state index contributed by atoms with van der Waals surface area (Å²) in [6.07, 6.45) is -5.87. The molecule has 1 aromatic rings. The number of nitrogens with zero attached hydrogens (tertiary/aromatic N) is 1. The third-order valence-corrected chi connectivity index (χ3v) is 3.36. The summed E-state index contributed by atoms with van der Waals surface area (Å²) in [7, 11) is 0. The molecule has 1 atom stereocenters. The molecule has 1 saturated carbocycles. The summed E-state index contributed by atoms with van der Waals surface area (Å²) in [5.41, 5.74) is -0.242. The van der Waals surface area contributed by atoms with Gasteiger partial charge in [-0.25, -0.2) is 9.78 Å². The maximum absolute atomic E-state index is 12.7. The number of carbonyl (C=O) groups is 2. The Morgan fingerprint density at radius 3 is 2.65 bits per heavy atom. The predicted octanol–water partition coefficient (Wildman–Crippen LogP) is 2.60. The molecular formula is C11H11F3N2O3S. The maximum atomic E-state index is 12.7. The molecule has 1 fully saturated rings. The van der Waals surface area contributed by atoms with Crippen LogP contribution in [0.15, 0.2) is 5.38 Å². The maximum Gasteiger partial charge on any atom is 0.425 e. The van der Waals surface area contributed by atoms with E-state index >= 15 is 0 Å². The van der Waals surface area contributed by atoms with E-state index in [1.54, 1.807) is 0 Å². The number of carbonyl (C=O) groups excluding carboxylic acids is 2. The first-order valence-corrected chi connectivity index (χ1v) is 6.66. The minimum Gasteiger partial charge on any atom is -0.448 e. The molecule has 0 spiro atoms. The van der Waals surface area contributed by atoms with Crippen LogP contribution in [0.3, 0.4) is 0 Å². The molecule has 1 amide bonds. The molecule has 0 saturated heterocycles. The van der Waals surface area contributed by atoms with Gasteiger partial charge in [0.05, 0.1) is 0 Å². The van der Waals surface area contributed by atoms with Crippen molar-refractivity contribution >= 4 is 28.3 Å². The number of hydrogen-bond acceptors (Lipinski definition) is 5. The second kappa shape index (κ2) is 5.39. The van der Waals surface area contributed by atoms with Gasteiger partial charge in [0, 0.05) is 18.2 Å². The van der Waals surface area contributed by atoms with Gasteiger partial charge in [-0.2, -0.15) is 13.2 Å². The molecule has 0 unspecified atom stereocenters. The van der Waals surface area contributed by atoms with Crippen LogP contribution in [0.2, 0.25) is 0 Å². The van der Waals surface area contributed by atoms with Crippen molar-refractivity contribution in [1.82, 2.24) is 4.98 Å². The molecule has 0 bridgehead atoms. The second-order valence-electron chi connectivity index (χ2n) is 4.42. The van der Waals surface area contributed by atoms with E-state index in [2.05, 4.69) is 15.0 Å². The van der Waals surface area contributed by atoms with E-state index in [1.807, 2.05) is 0 Å². The molecule has 1 aliphatic carbocycles. The number of alkyl halides is 3. The lowest BCUT2D eigenvalue weighted by atomic mass is 10.2. The number of rotatable bonds is 4. The molecule has 20 heavy (non-hydrogen) atoms. The summed E-state index contributed by atoms with van der Waals surface area (Å²) >= 11 is 0.940. The van der Waals surface area contributed by atoms with E-state index in [1.165, 1.54) is 12.3 Å². The fourth-order valence-electron chi connectivity index (χ4n) is 1.58. The van der Waals surface area contributed by atoms with Crippen LogP contribution < -0.4 is 5.32 Å². The minimum atomic E-state index is -4.58. The molecule has 110 valence electrons. The van der Waals surface area contributed by atoms with Gasteiger partial charge in [0.2, 0.25) is 5.91 Å². The van der Waals surface area contributed by atoms with E-state index < -0.39 is 24.2 Å². The summed E-state index contributed by atoms with van der Waals surface area (Å²) in [5.74, 6) is -2.18. The van der Waals surface area contributed by atoms with Crippen molar-refractivity contribution in [3.05, 3.63) is 11.1 Å². The zero-order valence-electron chi connectivity index (χ0n) is 10.4. The number of thiazole rings is 1. The Hall–Kier alpha value is -1.64. The summed E-state index contributed by atoms with van der Waals surface area (Å²) in [6.45, 7) is 1.26. The van der Waals surface area contributed by atoms with Crippen molar-refractivity contribution in [1.29, 1.82) is 0 Å². The number of halogens is 3. The summed E-state index contributed by atoms with van der Waals surface area (Å²) < 4.78 is 42.6. The lowest BCUT2D eigenvalue weighted by Gasteiger charge is -2.19. The van der Waals surface area contributed by atoms with Gasteiger partial charge < -0.3 is 10.1 Å². The molecular weight excluding hydrogens is 297 g/mol. The van der Waals surface area contributed by atoms with Crippen molar-refractivity contribution in [2.75, 3.05) is 5.32 Å². The first-order valence-electron chi connectivity index (χ1n) is 5.78. The Labute approximate surface area is 116 Å². The Balaban J connectivity index is 2.03. The summed E-state index contributed by atoms with van der Waals surface area (Å²) in [4.78, 5) is 26.1. The van der Waals surface area contributed by atoms with E-state index in [-0.39, 0.29) is 16.7 Å². The van der Waals surface area contributed by atoms with E-state index in [9.17, 15) is 22.8 Å². The molecule has 1 aliphatic rings. The molecule has 0 aromatic carbocycles. The number of amides is 1. The van der Waals surface area contributed by atoms with Crippen LogP contribution >= 0.6 is 11.3 Å². The number of ether oxygens (including phenoxy) is 1. The van der Waals surface area contributed by atoms with Gasteiger partial charge >= 0.3 is 12.1 Å². The highest BCUT2D eigenvalue weighted by Gasteiger charge is 2.52. The minimum absolute atomic E-state index is 0.138. The Morgan fingerprint density at radius 2 is 2.15 bits per heavy atom. The Morgan fingerprint density at radius 1 is 1.50 bits per heavy atom. The number of aromatic nitrogens is 1. The molecule has 2 rings (SSSR count). The summed E-state index contributed by atoms with van der Waals surface area (Å²) in [6, 6.07) is 0. The van der Waals surface area contributed by atoms with Crippen molar-refractivity contribution in [3.8, 4) is 0 Å². The van der Waals surface area contributed by atoms with Crippen molar-refractivity contribution in [2.45, 2.75) is 32.0 Å². The van der Waals surface area contributed by atoms with E-state index in [0.717, 1.165) is 11.3 Å². The number of anilines is 1. The molecule has 9 heteroatoms. The van der Waals surface area contributed by atoms with Crippen LogP contribution in [-0.4, -0.2) is 29.1 Å². The largest absolute Gasteiger partial charge is 0.448 e. The molecule has 0 radical (unpaired) electrons. The van der Waals surface area contributed by atoms with Gasteiger partial charge in [0.1, 0.15) is 0 Å². The van der Waals surface area contributed by atoms with Gasteiger partial charge in [-0.1, -0.05) is 0 Å². The zero-order valence-corrected chi connectivity index (χ0v) is 11.2. The predicted molar refractivity (Wildman–Crippen MR) is 64.4 cm³/mol. The molecule has 1 aromatic heterocycles. The topological polar surface area (TPSA) is 68.3 Å². The van der Waals surface area contributed by atoms with Crippen LogP contribution in [0.4, 0.5) is 18.3 Å². The van der Waals surface area contributed by atoms with Gasteiger partial charge in [0.15, 0.2) is 16.9 Å². The van der Waals surface area contributed by atoms with Crippen molar-refractivity contribution < 1.29 is 27.5 Å². The first-order chi connectivity index (χ1) is 9.27. The fourth-order valence-corrected chi connectivity index (χ4v) is 2.31. The monoisotopic (exact) mass is 308 g/mol.